The van der Waals surface area contributed by atoms with Crippen molar-refractivity contribution >= 4 is 5.91 Å². The van der Waals surface area contributed by atoms with Gasteiger partial charge in [-0.25, -0.2) is 0 Å². The van der Waals surface area contributed by atoms with Crippen LogP contribution < -0.4 is 5.32 Å². The molecule has 0 aliphatic carbocycles. The number of rotatable bonds is 17. The number of nitrogens with one attached hydrogen (secondary N) is 1. The molecule has 1 saturated heterocycles. The van der Waals surface area contributed by atoms with E-state index < -0.39 is 0 Å². The lowest BCUT2D eigenvalue weighted by Gasteiger charge is -2.39. The van der Waals surface area contributed by atoms with Crippen LogP contribution in [-0.2, 0) is 9.53 Å². The second-order valence-electron chi connectivity index (χ2n) is 7.96. The summed E-state index contributed by atoms with van der Waals surface area (Å²) in [6.07, 6.45) is 19.1. The van der Waals surface area contributed by atoms with Crippen LogP contribution in [0.15, 0.2) is 12.3 Å². The lowest BCUT2D eigenvalue weighted by molar-refractivity contribution is -0.122. The number of carbonyl (C=O) groups is 1. The van der Waals surface area contributed by atoms with Crippen LogP contribution in [0.25, 0.3) is 0 Å². The van der Waals surface area contributed by atoms with E-state index in [2.05, 4.69) is 25.7 Å². The largest absolute Gasteiger partial charge is 0.494 e. The Morgan fingerprint density at radius 2 is 1.42 bits per heavy atom. The molecule has 1 N–H and O–H groups in total. The summed E-state index contributed by atoms with van der Waals surface area (Å²) in [7, 11) is 0. The quantitative estimate of drug-likeness (QED) is 0.298. The fourth-order valence-electron chi connectivity index (χ4n) is 3.66. The number of unbranched alkanes of at least 4 members (excludes halogenated alkanes) is 11. The minimum Gasteiger partial charge on any atom is -0.494 e. The Morgan fingerprint density at radius 3 is 1.96 bits per heavy atom. The van der Waals surface area contributed by atoms with Gasteiger partial charge in [-0.1, -0.05) is 91.1 Å². The van der Waals surface area contributed by atoms with Gasteiger partial charge in [0.25, 0.3) is 0 Å². The highest BCUT2D eigenvalue weighted by atomic mass is 16.5. The molecule has 1 fully saturated rings. The van der Waals surface area contributed by atoms with Gasteiger partial charge in [0, 0.05) is 13.0 Å². The van der Waals surface area contributed by atoms with Crippen molar-refractivity contribution in [1.82, 2.24) is 5.32 Å². The van der Waals surface area contributed by atoms with Gasteiger partial charge in [0.05, 0.1) is 11.7 Å². The molecule has 1 amide bonds. The topological polar surface area (TPSA) is 38.3 Å². The predicted octanol–water partition coefficient (Wildman–Crippen LogP) is 6.52. The van der Waals surface area contributed by atoms with Gasteiger partial charge in [-0.05, 0) is 19.3 Å². The van der Waals surface area contributed by atoms with Gasteiger partial charge in [0.1, 0.15) is 6.10 Å². The number of amides is 1. The maximum Gasteiger partial charge on any atom is 0.220 e. The smallest absolute Gasteiger partial charge is 0.220 e. The molecule has 1 aliphatic heterocycles. The van der Waals surface area contributed by atoms with Crippen LogP contribution in [0.5, 0.6) is 0 Å². The van der Waals surface area contributed by atoms with Gasteiger partial charge < -0.3 is 10.1 Å². The second kappa shape index (κ2) is 15.1. The third kappa shape index (κ3) is 10.2. The van der Waals surface area contributed by atoms with E-state index in [9.17, 15) is 4.79 Å². The SMILES string of the molecule is C=C1OC(CCCCCCCCCCCCC)C1CNC(=O)CCCC. The molecular formula is C23H43NO2. The van der Waals surface area contributed by atoms with Crippen LogP contribution in [0.4, 0.5) is 0 Å². The van der Waals surface area contributed by atoms with Crippen molar-refractivity contribution in [2.45, 2.75) is 116 Å². The number of ether oxygens (including phenoxy) is 1. The Balaban J connectivity index is 1.95. The van der Waals surface area contributed by atoms with Gasteiger partial charge >= 0.3 is 0 Å². The van der Waals surface area contributed by atoms with Gasteiger partial charge in [-0.3, -0.25) is 4.79 Å². The predicted molar refractivity (Wildman–Crippen MR) is 111 cm³/mol. The number of hydrogen-bond donors (Lipinski definition) is 1. The molecule has 2 unspecified atom stereocenters. The lowest BCUT2D eigenvalue weighted by atomic mass is 9.90. The summed E-state index contributed by atoms with van der Waals surface area (Å²) in [5, 5.41) is 3.04. The molecule has 0 saturated carbocycles. The van der Waals surface area contributed by atoms with E-state index in [-0.39, 0.29) is 12.0 Å². The van der Waals surface area contributed by atoms with Crippen molar-refractivity contribution in [2.24, 2.45) is 5.92 Å². The van der Waals surface area contributed by atoms with Crippen LogP contribution in [0, 0.1) is 5.92 Å². The van der Waals surface area contributed by atoms with E-state index in [1.807, 2.05) is 0 Å². The van der Waals surface area contributed by atoms with Crippen molar-refractivity contribution in [3.05, 3.63) is 12.3 Å². The fraction of sp³-hybridized carbons (Fsp3) is 0.870. The minimum atomic E-state index is 0.167. The van der Waals surface area contributed by atoms with E-state index in [4.69, 9.17) is 4.74 Å². The Bertz CT molecular complexity index is 380. The molecule has 1 rings (SSSR count). The first kappa shape index (κ1) is 23.0. The zero-order valence-corrected chi connectivity index (χ0v) is 17.5. The molecule has 3 heteroatoms. The summed E-state index contributed by atoms with van der Waals surface area (Å²) in [6, 6.07) is 0. The molecule has 2 atom stereocenters. The molecule has 152 valence electrons. The van der Waals surface area contributed by atoms with Gasteiger partial charge in [-0.2, -0.15) is 0 Å². The Hall–Kier alpha value is -0.990. The molecule has 0 aromatic carbocycles. The summed E-state index contributed by atoms with van der Waals surface area (Å²) in [4.78, 5) is 11.7. The highest BCUT2D eigenvalue weighted by Gasteiger charge is 2.36. The van der Waals surface area contributed by atoms with E-state index >= 15 is 0 Å². The van der Waals surface area contributed by atoms with Gasteiger partial charge in [0.2, 0.25) is 5.91 Å². The van der Waals surface area contributed by atoms with Crippen molar-refractivity contribution in [2.75, 3.05) is 6.54 Å². The minimum absolute atomic E-state index is 0.167. The van der Waals surface area contributed by atoms with Crippen LogP contribution >= 0.6 is 0 Å². The highest BCUT2D eigenvalue weighted by Crippen LogP contribution is 2.34. The van der Waals surface area contributed by atoms with Crippen molar-refractivity contribution in [3.63, 3.8) is 0 Å². The van der Waals surface area contributed by atoms with E-state index in [0.717, 1.165) is 25.0 Å². The van der Waals surface area contributed by atoms with Crippen LogP contribution in [0.1, 0.15) is 110 Å². The first-order valence-electron chi connectivity index (χ1n) is 11.3. The maximum absolute atomic E-state index is 11.7. The molecule has 0 aromatic heterocycles. The van der Waals surface area contributed by atoms with Crippen molar-refractivity contribution < 1.29 is 9.53 Å². The van der Waals surface area contributed by atoms with E-state index in [1.54, 1.807) is 0 Å². The van der Waals surface area contributed by atoms with Gasteiger partial charge in [-0.15, -0.1) is 0 Å². The first-order chi connectivity index (χ1) is 12.7. The highest BCUT2D eigenvalue weighted by molar-refractivity contribution is 5.75. The van der Waals surface area contributed by atoms with Crippen LogP contribution in [0.2, 0.25) is 0 Å². The van der Waals surface area contributed by atoms with Crippen LogP contribution in [0.3, 0.4) is 0 Å². The summed E-state index contributed by atoms with van der Waals surface area (Å²) in [5.74, 6) is 1.34. The van der Waals surface area contributed by atoms with Crippen LogP contribution in [-0.4, -0.2) is 18.6 Å². The van der Waals surface area contributed by atoms with Crippen molar-refractivity contribution in [1.29, 1.82) is 0 Å². The molecule has 1 aliphatic rings. The normalized spacial score (nSPS) is 19.1. The summed E-state index contributed by atoms with van der Waals surface area (Å²) < 4.78 is 5.71. The number of hydrogen-bond acceptors (Lipinski definition) is 2. The van der Waals surface area contributed by atoms with Gasteiger partial charge in [0.15, 0.2) is 0 Å². The molecule has 0 aromatic rings. The fourth-order valence-corrected chi connectivity index (χ4v) is 3.66. The summed E-state index contributed by atoms with van der Waals surface area (Å²) >= 11 is 0. The van der Waals surface area contributed by atoms with Crippen molar-refractivity contribution in [3.8, 4) is 0 Å². The number of carbonyl (C=O) groups excluding carboxylic acids is 1. The molecule has 0 radical (unpaired) electrons. The lowest BCUT2D eigenvalue weighted by Crippen LogP contribution is -2.44. The monoisotopic (exact) mass is 365 g/mol. The Labute approximate surface area is 162 Å². The third-order valence-corrected chi connectivity index (χ3v) is 5.53. The molecular weight excluding hydrogens is 322 g/mol. The zero-order valence-electron chi connectivity index (χ0n) is 17.5. The summed E-state index contributed by atoms with van der Waals surface area (Å²) in [6.45, 7) is 9.05. The molecule has 26 heavy (non-hydrogen) atoms. The standard InChI is InChI=1S/C23H43NO2/c1-4-6-8-9-10-11-12-13-14-15-16-17-22-21(20(3)26-22)19-24-23(25)18-7-5-2/h21-22H,3-19H2,1-2H3,(H,24,25). The summed E-state index contributed by atoms with van der Waals surface area (Å²) in [5.41, 5.74) is 0. The Morgan fingerprint density at radius 1 is 0.885 bits per heavy atom. The maximum atomic E-state index is 11.7. The first-order valence-corrected chi connectivity index (χ1v) is 11.3. The Kier molecular flexibility index (Phi) is 13.4. The second-order valence-corrected chi connectivity index (χ2v) is 7.96. The zero-order chi connectivity index (χ0) is 19.0. The van der Waals surface area contributed by atoms with E-state index in [0.29, 0.717) is 18.9 Å². The average molecular weight is 366 g/mol. The molecule has 1 heterocycles. The van der Waals surface area contributed by atoms with E-state index in [1.165, 1.54) is 70.6 Å². The molecule has 3 nitrogen and oxygen atoms in total. The molecule has 0 spiro atoms. The average Bonchev–Trinajstić information content (AvgIpc) is 2.63. The molecule has 0 bridgehead atoms. The third-order valence-electron chi connectivity index (χ3n) is 5.53.